The van der Waals surface area contributed by atoms with Crippen molar-refractivity contribution in [2.75, 3.05) is 31.1 Å². The summed E-state index contributed by atoms with van der Waals surface area (Å²) in [6.45, 7) is 13.2. The highest BCUT2D eigenvalue weighted by molar-refractivity contribution is 5.48. The molecule has 1 aromatic rings. The molecule has 3 heteroatoms. The van der Waals surface area contributed by atoms with E-state index in [1.807, 2.05) is 6.92 Å². The molecule has 3 nitrogen and oxygen atoms in total. The topological polar surface area (TPSA) is 26.7 Å². The standard InChI is InChI=1S/C17H28N2O/c1-5-16(20)14-6-8-15(9-7-14)18-10-12-19(13-11-18)17(2,3)4/h6-9,16,20H,5,10-13H2,1-4H3/t16-/m1/s1. The lowest BCUT2D eigenvalue weighted by atomic mass is 10.0. The fourth-order valence-electron chi connectivity index (χ4n) is 2.78. The van der Waals surface area contributed by atoms with Gasteiger partial charge in [-0.15, -0.1) is 0 Å². The van der Waals surface area contributed by atoms with Crippen LogP contribution < -0.4 is 4.90 Å². The molecule has 20 heavy (non-hydrogen) atoms. The predicted octanol–water partition coefficient (Wildman–Crippen LogP) is 3.05. The molecule has 0 aliphatic carbocycles. The van der Waals surface area contributed by atoms with E-state index in [-0.39, 0.29) is 11.6 Å². The Morgan fingerprint density at radius 2 is 1.60 bits per heavy atom. The van der Waals surface area contributed by atoms with Crippen molar-refractivity contribution in [2.45, 2.75) is 45.8 Å². The zero-order valence-electron chi connectivity index (χ0n) is 13.3. The van der Waals surface area contributed by atoms with Crippen molar-refractivity contribution in [1.29, 1.82) is 0 Å². The number of hydrogen-bond acceptors (Lipinski definition) is 3. The Labute approximate surface area is 123 Å². The van der Waals surface area contributed by atoms with Crippen molar-refractivity contribution in [3.8, 4) is 0 Å². The Bertz CT molecular complexity index is 414. The molecule has 0 spiro atoms. The Kier molecular flexibility index (Phi) is 4.71. The first-order valence-electron chi connectivity index (χ1n) is 7.70. The number of hydrogen-bond donors (Lipinski definition) is 1. The lowest BCUT2D eigenvalue weighted by Crippen LogP contribution is -2.53. The molecule has 0 radical (unpaired) electrons. The summed E-state index contributed by atoms with van der Waals surface area (Å²) in [7, 11) is 0. The van der Waals surface area contributed by atoms with Gasteiger partial charge in [-0.25, -0.2) is 0 Å². The molecule has 0 aromatic heterocycles. The molecule has 0 unspecified atom stereocenters. The van der Waals surface area contributed by atoms with Crippen molar-refractivity contribution in [2.24, 2.45) is 0 Å². The number of aliphatic hydroxyl groups excluding tert-OH is 1. The van der Waals surface area contributed by atoms with Gasteiger partial charge in [-0.05, 0) is 44.9 Å². The lowest BCUT2D eigenvalue weighted by Gasteiger charge is -2.43. The largest absolute Gasteiger partial charge is 0.388 e. The number of benzene rings is 1. The second-order valence-corrected chi connectivity index (χ2v) is 6.66. The highest BCUT2D eigenvalue weighted by Crippen LogP contribution is 2.23. The van der Waals surface area contributed by atoms with E-state index in [9.17, 15) is 5.11 Å². The van der Waals surface area contributed by atoms with Crippen LogP contribution in [0, 0.1) is 0 Å². The van der Waals surface area contributed by atoms with Gasteiger partial charge >= 0.3 is 0 Å². The Hall–Kier alpha value is -1.06. The van der Waals surface area contributed by atoms with E-state index in [2.05, 4.69) is 54.8 Å². The van der Waals surface area contributed by atoms with E-state index in [1.165, 1.54) is 5.69 Å². The third-order valence-electron chi connectivity index (χ3n) is 4.26. The monoisotopic (exact) mass is 276 g/mol. The summed E-state index contributed by atoms with van der Waals surface area (Å²) in [5.41, 5.74) is 2.55. The minimum Gasteiger partial charge on any atom is -0.388 e. The highest BCUT2D eigenvalue weighted by atomic mass is 16.3. The van der Waals surface area contributed by atoms with E-state index < -0.39 is 0 Å². The molecular formula is C17H28N2O. The first-order valence-corrected chi connectivity index (χ1v) is 7.70. The van der Waals surface area contributed by atoms with Gasteiger partial charge in [-0.1, -0.05) is 19.1 Å². The number of aliphatic hydroxyl groups is 1. The Balaban J connectivity index is 1.97. The molecule has 1 aliphatic heterocycles. The van der Waals surface area contributed by atoms with Crippen LogP contribution in [-0.4, -0.2) is 41.7 Å². The normalized spacial score (nSPS) is 19.1. The van der Waals surface area contributed by atoms with Gasteiger partial charge in [0.25, 0.3) is 0 Å². The maximum Gasteiger partial charge on any atom is 0.0787 e. The van der Waals surface area contributed by atoms with Crippen LogP contribution >= 0.6 is 0 Å². The molecule has 1 aliphatic rings. The first-order chi connectivity index (χ1) is 9.41. The maximum atomic E-state index is 9.83. The SMILES string of the molecule is CC[C@@H](O)c1ccc(N2CCN(C(C)(C)C)CC2)cc1. The fraction of sp³-hybridized carbons (Fsp3) is 0.647. The molecular weight excluding hydrogens is 248 g/mol. The minimum absolute atomic E-state index is 0.265. The van der Waals surface area contributed by atoms with E-state index in [4.69, 9.17) is 0 Å². The second-order valence-electron chi connectivity index (χ2n) is 6.66. The van der Waals surface area contributed by atoms with Crippen molar-refractivity contribution < 1.29 is 5.11 Å². The summed E-state index contributed by atoms with van der Waals surface area (Å²) < 4.78 is 0. The molecule has 0 saturated carbocycles. The van der Waals surface area contributed by atoms with Crippen molar-refractivity contribution in [3.05, 3.63) is 29.8 Å². The second kappa shape index (κ2) is 6.15. The molecule has 2 rings (SSSR count). The van der Waals surface area contributed by atoms with Crippen molar-refractivity contribution in [3.63, 3.8) is 0 Å². The van der Waals surface area contributed by atoms with Gasteiger partial charge in [0.1, 0.15) is 0 Å². The Morgan fingerprint density at radius 1 is 1.05 bits per heavy atom. The average molecular weight is 276 g/mol. The molecule has 0 amide bonds. The minimum atomic E-state index is -0.332. The van der Waals surface area contributed by atoms with Gasteiger partial charge < -0.3 is 10.0 Å². The molecule has 1 fully saturated rings. The molecule has 1 atom stereocenters. The molecule has 1 saturated heterocycles. The predicted molar refractivity (Wildman–Crippen MR) is 85.2 cm³/mol. The summed E-state index contributed by atoms with van der Waals surface area (Å²) in [4.78, 5) is 4.98. The van der Waals surface area contributed by atoms with E-state index in [0.717, 1.165) is 38.2 Å². The van der Waals surface area contributed by atoms with Crippen LogP contribution in [0.4, 0.5) is 5.69 Å². The first kappa shape index (κ1) is 15.3. The van der Waals surface area contributed by atoms with Gasteiger partial charge in [0, 0.05) is 37.4 Å². The average Bonchev–Trinajstić information content (AvgIpc) is 2.46. The van der Waals surface area contributed by atoms with Crippen molar-refractivity contribution in [1.82, 2.24) is 4.90 Å². The summed E-state index contributed by atoms with van der Waals surface area (Å²) in [6.07, 6.45) is 0.436. The summed E-state index contributed by atoms with van der Waals surface area (Å²) >= 11 is 0. The van der Waals surface area contributed by atoms with Gasteiger partial charge in [0.15, 0.2) is 0 Å². The Morgan fingerprint density at radius 3 is 2.05 bits per heavy atom. The van der Waals surface area contributed by atoms with Crippen LogP contribution in [0.25, 0.3) is 0 Å². The summed E-state index contributed by atoms with van der Waals surface area (Å²) in [5.74, 6) is 0. The van der Waals surface area contributed by atoms with Crippen molar-refractivity contribution >= 4 is 5.69 Å². The molecule has 1 heterocycles. The van der Waals surface area contributed by atoms with Crippen LogP contribution in [0.5, 0.6) is 0 Å². The van der Waals surface area contributed by atoms with Crippen LogP contribution in [0.1, 0.15) is 45.8 Å². The van der Waals surface area contributed by atoms with E-state index in [1.54, 1.807) is 0 Å². The number of piperazine rings is 1. The third-order valence-corrected chi connectivity index (χ3v) is 4.26. The number of nitrogens with zero attached hydrogens (tertiary/aromatic N) is 2. The highest BCUT2D eigenvalue weighted by Gasteiger charge is 2.25. The molecule has 1 aromatic carbocycles. The molecule has 0 bridgehead atoms. The molecule has 1 N–H and O–H groups in total. The van der Waals surface area contributed by atoms with Crippen LogP contribution in [0.2, 0.25) is 0 Å². The van der Waals surface area contributed by atoms with Crippen LogP contribution in [-0.2, 0) is 0 Å². The third kappa shape index (κ3) is 3.53. The lowest BCUT2D eigenvalue weighted by molar-refractivity contribution is 0.128. The summed E-state index contributed by atoms with van der Waals surface area (Å²) in [5, 5.41) is 9.83. The van der Waals surface area contributed by atoms with Gasteiger partial charge in [0.2, 0.25) is 0 Å². The van der Waals surface area contributed by atoms with Crippen LogP contribution in [0.3, 0.4) is 0 Å². The maximum absolute atomic E-state index is 9.83. The number of rotatable bonds is 3. The smallest absolute Gasteiger partial charge is 0.0787 e. The fourth-order valence-corrected chi connectivity index (χ4v) is 2.78. The van der Waals surface area contributed by atoms with E-state index >= 15 is 0 Å². The molecule has 112 valence electrons. The van der Waals surface area contributed by atoms with Gasteiger partial charge in [-0.3, -0.25) is 4.90 Å². The van der Waals surface area contributed by atoms with Gasteiger partial charge in [-0.2, -0.15) is 0 Å². The van der Waals surface area contributed by atoms with E-state index in [0.29, 0.717) is 0 Å². The number of anilines is 1. The summed E-state index contributed by atoms with van der Waals surface area (Å²) in [6, 6.07) is 8.39. The zero-order valence-corrected chi connectivity index (χ0v) is 13.3. The van der Waals surface area contributed by atoms with Gasteiger partial charge in [0.05, 0.1) is 6.10 Å². The quantitative estimate of drug-likeness (QED) is 0.919. The van der Waals surface area contributed by atoms with Crippen LogP contribution in [0.15, 0.2) is 24.3 Å². The zero-order chi connectivity index (χ0) is 14.8.